The van der Waals surface area contributed by atoms with Gasteiger partial charge in [-0.25, -0.2) is 4.98 Å². The van der Waals surface area contributed by atoms with Crippen LogP contribution in [0.25, 0.3) is 0 Å². The van der Waals surface area contributed by atoms with E-state index in [0.29, 0.717) is 25.5 Å². The van der Waals surface area contributed by atoms with E-state index in [9.17, 15) is 4.79 Å². The highest BCUT2D eigenvalue weighted by atomic mass is 79.9. The molecule has 1 aliphatic heterocycles. The molecule has 0 spiro atoms. The van der Waals surface area contributed by atoms with Gasteiger partial charge in [-0.05, 0) is 0 Å². The summed E-state index contributed by atoms with van der Waals surface area (Å²) in [7, 11) is 0. The van der Waals surface area contributed by atoms with Crippen LogP contribution in [0.4, 0.5) is 0 Å². The number of carbonyl (C=O) groups excluding carboxylic acids is 1. The molecule has 1 atom stereocenters. The number of hydrogen-bond acceptors (Lipinski definition) is 4. The predicted octanol–water partition coefficient (Wildman–Crippen LogP) is 1.38. The van der Waals surface area contributed by atoms with Crippen molar-refractivity contribution in [3.63, 3.8) is 0 Å². The number of morpholine rings is 1. The molecule has 0 aromatic carbocycles. The lowest BCUT2D eigenvalue weighted by atomic mass is 10.2. The normalized spacial score (nSPS) is 21.7. The summed E-state index contributed by atoms with van der Waals surface area (Å²) in [6.07, 6.45) is 0. The molecule has 82 valence electrons. The van der Waals surface area contributed by atoms with E-state index < -0.39 is 0 Å². The van der Waals surface area contributed by atoms with Crippen molar-refractivity contribution < 1.29 is 9.53 Å². The fourth-order valence-electron chi connectivity index (χ4n) is 1.52. The van der Waals surface area contributed by atoms with E-state index in [4.69, 9.17) is 4.74 Å². The van der Waals surface area contributed by atoms with Crippen molar-refractivity contribution >= 4 is 33.2 Å². The molecule has 0 saturated carbocycles. The third-order valence-corrected chi connectivity index (χ3v) is 3.65. The number of amides is 1. The SMILES string of the molecule is O=C(c1cscn1)N1CCOCC1CBr. The Bertz CT molecular complexity index is 331. The standard InChI is InChI=1S/C9H11BrN2O2S/c10-3-7-4-14-2-1-12(7)9(13)8-5-15-6-11-8/h5-7H,1-4H2. The average Bonchev–Trinajstić information content (AvgIpc) is 2.81. The first-order valence-corrected chi connectivity index (χ1v) is 6.72. The van der Waals surface area contributed by atoms with Crippen LogP contribution in [0.15, 0.2) is 10.9 Å². The number of ether oxygens (including phenoxy) is 1. The Morgan fingerprint density at radius 3 is 3.33 bits per heavy atom. The molecule has 1 amide bonds. The van der Waals surface area contributed by atoms with Crippen LogP contribution in [-0.2, 0) is 4.74 Å². The smallest absolute Gasteiger partial charge is 0.273 e. The zero-order valence-electron chi connectivity index (χ0n) is 8.06. The van der Waals surface area contributed by atoms with Crippen molar-refractivity contribution in [1.29, 1.82) is 0 Å². The van der Waals surface area contributed by atoms with Crippen LogP contribution in [0, 0.1) is 0 Å². The molecule has 2 heterocycles. The molecule has 0 radical (unpaired) electrons. The maximum Gasteiger partial charge on any atom is 0.273 e. The van der Waals surface area contributed by atoms with Gasteiger partial charge >= 0.3 is 0 Å². The number of thiazole rings is 1. The number of hydrogen-bond donors (Lipinski definition) is 0. The lowest BCUT2D eigenvalue weighted by Gasteiger charge is -2.34. The van der Waals surface area contributed by atoms with E-state index in [-0.39, 0.29) is 11.9 Å². The van der Waals surface area contributed by atoms with Crippen LogP contribution in [-0.4, -0.2) is 46.9 Å². The summed E-state index contributed by atoms with van der Waals surface area (Å²) in [5, 5.41) is 2.52. The van der Waals surface area contributed by atoms with Crippen molar-refractivity contribution in [3.05, 3.63) is 16.6 Å². The zero-order chi connectivity index (χ0) is 10.7. The first-order valence-electron chi connectivity index (χ1n) is 4.66. The number of halogens is 1. The Morgan fingerprint density at radius 1 is 1.80 bits per heavy atom. The summed E-state index contributed by atoms with van der Waals surface area (Å²) < 4.78 is 5.33. The maximum atomic E-state index is 12.0. The molecule has 1 fully saturated rings. The molecular formula is C9H11BrN2O2S. The molecule has 0 bridgehead atoms. The fourth-order valence-corrected chi connectivity index (χ4v) is 2.58. The predicted molar refractivity (Wildman–Crippen MR) is 61.6 cm³/mol. The van der Waals surface area contributed by atoms with E-state index >= 15 is 0 Å². The second kappa shape index (κ2) is 5.05. The highest BCUT2D eigenvalue weighted by Gasteiger charge is 2.27. The van der Waals surface area contributed by atoms with Crippen LogP contribution in [0.3, 0.4) is 0 Å². The Balaban J connectivity index is 2.11. The van der Waals surface area contributed by atoms with Crippen molar-refractivity contribution in [3.8, 4) is 0 Å². The van der Waals surface area contributed by atoms with Gasteiger partial charge in [0.1, 0.15) is 5.69 Å². The Hall–Kier alpha value is -0.460. The Morgan fingerprint density at radius 2 is 2.67 bits per heavy atom. The number of nitrogens with zero attached hydrogens (tertiary/aromatic N) is 2. The van der Waals surface area contributed by atoms with Gasteiger partial charge in [-0.1, -0.05) is 15.9 Å². The lowest BCUT2D eigenvalue weighted by molar-refractivity contribution is 0.00497. The second-order valence-corrected chi connectivity index (χ2v) is 4.62. The van der Waals surface area contributed by atoms with Gasteiger partial charge < -0.3 is 9.64 Å². The van der Waals surface area contributed by atoms with E-state index in [1.165, 1.54) is 11.3 Å². The van der Waals surface area contributed by atoms with Gasteiger partial charge in [-0.3, -0.25) is 4.79 Å². The van der Waals surface area contributed by atoms with Crippen molar-refractivity contribution in [2.45, 2.75) is 6.04 Å². The number of carbonyl (C=O) groups is 1. The van der Waals surface area contributed by atoms with Crippen LogP contribution >= 0.6 is 27.3 Å². The van der Waals surface area contributed by atoms with E-state index in [2.05, 4.69) is 20.9 Å². The topological polar surface area (TPSA) is 42.4 Å². The number of rotatable bonds is 2. The summed E-state index contributed by atoms with van der Waals surface area (Å²) in [4.78, 5) is 17.9. The first-order chi connectivity index (χ1) is 7.33. The molecule has 1 saturated heterocycles. The van der Waals surface area contributed by atoms with Gasteiger partial charge in [0.25, 0.3) is 5.91 Å². The minimum absolute atomic E-state index is 0.00370. The summed E-state index contributed by atoms with van der Waals surface area (Å²) in [5.41, 5.74) is 2.21. The largest absolute Gasteiger partial charge is 0.377 e. The number of alkyl halides is 1. The second-order valence-electron chi connectivity index (χ2n) is 3.26. The minimum Gasteiger partial charge on any atom is -0.377 e. The first kappa shape index (κ1) is 11.0. The van der Waals surface area contributed by atoms with Gasteiger partial charge in [-0.2, -0.15) is 0 Å². The molecule has 1 aromatic heterocycles. The van der Waals surface area contributed by atoms with Gasteiger partial charge in [0.05, 0.1) is 24.8 Å². The van der Waals surface area contributed by atoms with Crippen molar-refractivity contribution in [2.24, 2.45) is 0 Å². The molecule has 0 aliphatic carbocycles. The van der Waals surface area contributed by atoms with E-state index in [1.807, 2.05) is 4.90 Å². The molecule has 1 aliphatic rings. The summed E-state index contributed by atoms with van der Waals surface area (Å²) in [5.74, 6) is 0.00370. The molecule has 2 rings (SSSR count). The Kier molecular flexibility index (Phi) is 3.71. The molecular weight excluding hydrogens is 280 g/mol. The molecule has 1 aromatic rings. The van der Waals surface area contributed by atoms with Gasteiger partial charge in [0, 0.05) is 17.3 Å². The van der Waals surface area contributed by atoms with Crippen molar-refractivity contribution in [2.75, 3.05) is 25.1 Å². The summed E-state index contributed by atoms with van der Waals surface area (Å²) >= 11 is 4.83. The summed E-state index contributed by atoms with van der Waals surface area (Å²) in [6, 6.07) is 0.118. The molecule has 0 N–H and O–H groups in total. The monoisotopic (exact) mass is 290 g/mol. The lowest BCUT2D eigenvalue weighted by Crippen LogP contribution is -2.49. The Labute approximate surface area is 100 Å². The highest BCUT2D eigenvalue weighted by Crippen LogP contribution is 2.14. The van der Waals surface area contributed by atoms with Crippen LogP contribution < -0.4 is 0 Å². The van der Waals surface area contributed by atoms with Gasteiger partial charge in [-0.15, -0.1) is 11.3 Å². The molecule has 15 heavy (non-hydrogen) atoms. The average molecular weight is 291 g/mol. The van der Waals surface area contributed by atoms with Crippen LogP contribution in [0.1, 0.15) is 10.5 Å². The fraction of sp³-hybridized carbons (Fsp3) is 0.556. The maximum absolute atomic E-state index is 12.0. The molecule has 6 heteroatoms. The summed E-state index contributed by atoms with van der Waals surface area (Å²) in [6.45, 7) is 1.85. The molecule has 4 nitrogen and oxygen atoms in total. The highest BCUT2D eigenvalue weighted by molar-refractivity contribution is 9.09. The van der Waals surface area contributed by atoms with E-state index in [0.717, 1.165) is 5.33 Å². The van der Waals surface area contributed by atoms with Gasteiger partial charge in [0.2, 0.25) is 0 Å². The third-order valence-electron chi connectivity index (χ3n) is 2.32. The van der Waals surface area contributed by atoms with Crippen LogP contribution in [0.5, 0.6) is 0 Å². The van der Waals surface area contributed by atoms with Crippen LogP contribution in [0.2, 0.25) is 0 Å². The zero-order valence-corrected chi connectivity index (χ0v) is 10.5. The third kappa shape index (κ3) is 2.38. The number of aromatic nitrogens is 1. The molecule has 1 unspecified atom stereocenters. The van der Waals surface area contributed by atoms with Crippen molar-refractivity contribution in [1.82, 2.24) is 9.88 Å². The van der Waals surface area contributed by atoms with E-state index in [1.54, 1.807) is 10.9 Å². The van der Waals surface area contributed by atoms with Gasteiger partial charge in [0.15, 0.2) is 0 Å². The quantitative estimate of drug-likeness (QED) is 0.773. The minimum atomic E-state index is 0.00370.